The summed E-state index contributed by atoms with van der Waals surface area (Å²) in [4.78, 5) is 20.2. The number of fused-ring (bicyclic) bond motifs is 1. The summed E-state index contributed by atoms with van der Waals surface area (Å²) in [5, 5.41) is 23.0. The van der Waals surface area contributed by atoms with E-state index in [4.69, 9.17) is 0 Å². The molecule has 4 rings (SSSR count). The van der Waals surface area contributed by atoms with Crippen molar-refractivity contribution in [3.63, 3.8) is 0 Å². The Labute approximate surface area is 166 Å². The molecule has 0 bridgehead atoms. The number of phenols is 2. The number of H-pyrrole nitrogens is 1. The maximum atomic E-state index is 12.3. The van der Waals surface area contributed by atoms with E-state index in [1.807, 2.05) is 37.3 Å². The van der Waals surface area contributed by atoms with Gasteiger partial charge >= 0.3 is 0 Å². The van der Waals surface area contributed by atoms with Crippen LogP contribution in [0.5, 0.6) is 11.5 Å². The van der Waals surface area contributed by atoms with Crippen molar-refractivity contribution in [2.75, 3.05) is 0 Å². The molecule has 4 N–H and O–H groups in total. The van der Waals surface area contributed by atoms with Crippen LogP contribution in [0.2, 0.25) is 0 Å². The van der Waals surface area contributed by atoms with E-state index >= 15 is 0 Å². The lowest BCUT2D eigenvalue weighted by atomic mass is 10.1. The summed E-state index contributed by atoms with van der Waals surface area (Å²) in [7, 11) is 0. The quantitative estimate of drug-likeness (QED) is 0.243. The smallest absolute Gasteiger partial charge is 0.271 e. The largest absolute Gasteiger partial charge is 0.504 e. The number of aryl methyl sites for hydroxylation is 1. The maximum Gasteiger partial charge on any atom is 0.271 e. The summed E-state index contributed by atoms with van der Waals surface area (Å²) in [5.74, 6) is -0.209. The summed E-state index contributed by atoms with van der Waals surface area (Å²) >= 11 is 0. The van der Waals surface area contributed by atoms with Gasteiger partial charge in [0.1, 0.15) is 5.82 Å². The molecule has 1 aromatic heterocycles. The van der Waals surface area contributed by atoms with Crippen LogP contribution in [0.15, 0.2) is 65.8 Å². The van der Waals surface area contributed by atoms with E-state index < -0.39 is 5.91 Å². The van der Waals surface area contributed by atoms with Crippen molar-refractivity contribution >= 4 is 23.2 Å². The molecule has 29 heavy (non-hydrogen) atoms. The number of nitrogens with zero attached hydrogens (tertiary/aromatic N) is 2. The molecule has 1 amide bonds. The van der Waals surface area contributed by atoms with Gasteiger partial charge in [-0.3, -0.25) is 4.79 Å². The number of hydrazone groups is 1. The van der Waals surface area contributed by atoms with Crippen LogP contribution in [-0.4, -0.2) is 32.3 Å². The van der Waals surface area contributed by atoms with Gasteiger partial charge in [0.25, 0.3) is 5.91 Å². The van der Waals surface area contributed by atoms with Crippen LogP contribution in [-0.2, 0) is 0 Å². The molecule has 4 aromatic rings. The highest BCUT2D eigenvalue weighted by Gasteiger charge is 2.09. The van der Waals surface area contributed by atoms with Gasteiger partial charge in [-0.25, -0.2) is 10.4 Å². The van der Waals surface area contributed by atoms with Gasteiger partial charge in [-0.15, -0.1) is 0 Å². The van der Waals surface area contributed by atoms with Gasteiger partial charge in [-0.2, -0.15) is 5.10 Å². The highest BCUT2D eigenvalue weighted by molar-refractivity contribution is 5.95. The van der Waals surface area contributed by atoms with Crippen LogP contribution in [0.1, 0.15) is 21.5 Å². The zero-order valence-electron chi connectivity index (χ0n) is 15.5. The Kier molecular flexibility index (Phi) is 4.70. The lowest BCUT2D eigenvalue weighted by Crippen LogP contribution is -2.17. The number of aromatic hydroxyl groups is 2. The van der Waals surface area contributed by atoms with Crippen LogP contribution in [0, 0.1) is 6.92 Å². The number of benzene rings is 3. The molecule has 0 saturated carbocycles. The minimum absolute atomic E-state index is 0.253. The molecule has 7 nitrogen and oxygen atoms in total. The molecule has 0 spiro atoms. The first-order chi connectivity index (χ1) is 14.0. The van der Waals surface area contributed by atoms with Crippen LogP contribution < -0.4 is 5.43 Å². The van der Waals surface area contributed by atoms with Crippen molar-refractivity contribution < 1.29 is 15.0 Å². The molecular formula is C22H18N4O3. The molecule has 0 aliphatic heterocycles. The van der Waals surface area contributed by atoms with Gasteiger partial charge < -0.3 is 15.2 Å². The Morgan fingerprint density at radius 2 is 1.83 bits per heavy atom. The van der Waals surface area contributed by atoms with Crippen LogP contribution in [0.4, 0.5) is 0 Å². The highest BCUT2D eigenvalue weighted by Crippen LogP contribution is 2.26. The summed E-state index contributed by atoms with van der Waals surface area (Å²) in [6.45, 7) is 2.01. The van der Waals surface area contributed by atoms with Crippen molar-refractivity contribution in [1.82, 2.24) is 15.4 Å². The average molecular weight is 386 g/mol. The van der Waals surface area contributed by atoms with Crippen LogP contribution in [0.3, 0.4) is 0 Å². The van der Waals surface area contributed by atoms with Crippen LogP contribution in [0.25, 0.3) is 22.4 Å². The Bertz CT molecular complexity index is 1230. The summed E-state index contributed by atoms with van der Waals surface area (Å²) in [5.41, 5.74) is 6.97. The molecule has 0 aliphatic carbocycles. The Morgan fingerprint density at radius 3 is 2.59 bits per heavy atom. The van der Waals surface area contributed by atoms with E-state index in [0.29, 0.717) is 11.1 Å². The van der Waals surface area contributed by atoms with Crippen molar-refractivity contribution in [2.24, 2.45) is 5.10 Å². The molecule has 7 heteroatoms. The van der Waals surface area contributed by atoms with Crippen molar-refractivity contribution in [3.05, 3.63) is 77.4 Å². The predicted molar refractivity (Wildman–Crippen MR) is 111 cm³/mol. The van der Waals surface area contributed by atoms with E-state index in [1.54, 1.807) is 24.3 Å². The second-order valence-electron chi connectivity index (χ2n) is 6.55. The van der Waals surface area contributed by atoms with Gasteiger partial charge in [0, 0.05) is 16.7 Å². The normalized spacial score (nSPS) is 11.2. The van der Waals surface area contributed by atoms with Gasteiger partial charge in [0.2, 0.25) is 0 Å². The zero-order valence-corrected chi connectivity index (χ0v) is 15.5. The summed E-state index contributed by atoms with van der Waals surface area (Å²) < 4.78 is 0. The molecule has 0 atom stereocenters. The number of nitrogens with one attached hydrogen (secondary N) is 2. The Morgan fingerprint density at radius 1 is 1.07 bits per heavy atom. The molecule has 0 radical (unpaired) electrons. The Hall–Kier alpha value is -4.13. The molecule has 0 fully saturated rings. The number of phenolic OH excluding ortho intramolecular Hbond substituents is 2. The molecule has 0 saturated heterocycles. The number of aromatic nitrogens is 2. The standard InChI is InChI=1S/C22H18N4O3/c1-13-4-2-6-17-19(13)25-21(24-17)14-8-10-15(11-9-14)22(29)26-23-12-16-5-3-7-18(27)20(16)28/h2-12,27-28H,1H3,(H,24,25)(H,26,29)/b23-12+. The molecular weight excluding hydrogens is 368 g/mol. The van der Waals surface area contributed by atoms with Gasteiger partial charge in [-0.05, 0) is 42.8 Å². The lowest BCUT2D eigenvalue weighted by molar-refractivity contribution is 0.0955. The molecule has 1 heterocycles. The van der Waals surface area contributed by atoms with E-state index in [0.717, 1.165) is 28.0 Å². The first kappa shape index (κ1) is 18.2. The monoisotopic (exact) mass is 386 g/mol. The van der Waals surface area contributed by atoms with E-state index in [1.165, 1.54) is 12.3 Å². The fourth-order valence-corrected chi connectivity index (χ4v) is 2.97. The molecule has 0 aliphatic rings. The Balaban J connectivity index is 1.48. The minimum atomic E-state index is -0.395. The third-order valence-corrected chi connectivity index (χ3v) is 4.55. The topological polar surface area (TPSA) is 111 Å². The average Bonchev–Trinajstić information content (AvgIpc) is 3.17. The van der Waals surface area contributed by atoms with Crippen LogP contribution >= 0.6 is 0 Å². The number of carbonyl (C=O) groups excluding carboxylic acids is 1. The van der Waals surface area contributed by atoms with E-state index in [-0.39, 0.29) is 11.5 Å². The second-order valence-corrected chi connectivity index (χ2v) is 6.55. The van der Waals surface area contributed by atoms with E-state index in [9.17, 15) is 15.0 Å². The molecule has 0 unspecified atom stereocenters. The molecule has 144 valence electrons. The first-order valence-electron chi connectivity index (χ1n) is 8.93. The number of para-hydroxylation sites is 2. The number of aromatic amines is 1. The lowest BCUT2D eigenvalue weighted by Gasteiger charge is -2.03. The number of hydrogen-bond donors (Lipinski definition) is 4. The fraction of sp³-hybridized carbons (Fsp3) is 0.0455. The third kappa shape index (κ3) is 3.66. The summed E-state index contributed by atoms with van der Waals surface area (Å²) in [6, 6.07) is 17.4. The predicted octanol–water partition coefficient (Wildman–Crippen LogP) is 3.71. The van der Waals surface area contributed by atoms with Crippen molar-refractivity contribution in [2.45, 2.75) is 6.92 Å². The highest BCUT2D eigenvalue weighted by atomic mass is 16.3. The van der Waals surface area contributed by atoms with Gasteiger partial charge in [-0.1, -0.05) is 30.3 Å². The zero-order chi connectivity index (χ0) is 20.4. The van der Waals surface area contributed by atoms with E-state index in [2.05, 4.69) is 20.5 Å². The SMILES string of the molecule is Cc1cccc2[nH]c(-c3ccc(C(=O)N/N=C/c4cccc(O)c4O)cc3)nc12. The number of imidazole rings is 1. The molecule has 3 aromatic carbocycles. The summed E-state index contributed by atoms with van der Waals surface area (Å²) in [6.07, 6.45) is 1.26. The third-order valence-electron chi connectivity index (χ3n) is 4.55. The number of rotatable bonds is 4. The fourth-order valence-electron chi connectivity index (χ4n) is 2.97. The number of amides is 1. The minimum Gasteiger partial charge on any atom is -0.504 e. The van der Waals surface area contributed by atoms with Crippen molar-refractivity contribution in [3.8, 4) is 22.9 Å². The maximum absolute atomic E-state index is 12.3. The van der Waals surface area contributed by atoms with Crippen molar-refractivity contribution in [1.29, 1.82) is 0 Å². The number of hydrogen-bond acceptors (Lipinski definition) is 5. The van der Waals surface area contributed by atoms with Gasteiger partial charge in [0.15, 0.2) is 11.5 Å². The van der Waals surface area contributed by atoms with Gasteiger partial charge in [0.05, 0.1) is 17.2 Å². The number of carbonyl (C=O) groups is 1. The second kappa shape index (κ2) is 7.47. The first-order valence-corrected chi connectivity index (χ1v) is 8.93.